The van der Waals surface area contributed by atoms with E-state index in [1.807, 2.05) is 12.1 Å². The maximum Gasteiger partial charge on any atom is 0.219 e. The van der Waals surface area contributed by atoms with Crippen molar-refractivity contribution < 1.29 is 4.42 Å². The van der Waals surface area contributed by atoms with Crippen molar-refractivity contribution in [3.05, 3.63) is 46.1 Å². The Morgan fingerprint density at radius 2 is 2.12 bits per heavy atom. The molecule has 0 radical (unpaired) electrons. The molecule has 1 saturated carbocycles. The van der Waals surface area contributed by atoms with Gasteiger partial charge in [0.2, 0.25) is 11.8 Å². The third kappa shape index (κ3) is 2.75. The average Bonchev–Trinajstić information content (AvgIpc) is 3.07. The predicted molar refractivity (Wildman–Crippen MR) is 67.8 cm³/mol. The van der Waals surface area contributed by atoms with Gasteiger partial charge in [0, 0.05) is 16.8 Å². The van der Waals surface area contributed by atoms with Crippen molar-refractivity contribution in [3.8, 4) is 0 Å². The number of aromatic nitrogens is 2. The summed E-state index contributed by atoms with van der Waals surface area (Å²) in [4.78, 5) is 0. The fourth-order valence-corrected chi connectivity index (χ4v) is 2.25. The average molecular weight is 293 g/mol. The van der Waals surface area contributed by atoms with Crippen molar-refractivity contribution in [3.63, 3.8) is 0 Å². The van der Waals surface area contributed by atoms with E-state index in [0.29, 0.717) is 5.92 Å². The van der Waals surface area contributed by atoms with Crippen LogP contribution in [-0.4, -0.2) is 10.2 Å². The second-order valence-corrected chi connectivity index (χ2v) is 5.35. The molecule has 3 rings (SSSR count). The minimum Gasteiger partial charge on any atom is -0.425 e. The van der Waals surface area contributed by atoms with Crippen LogP contribution in [0.2, 0.25) is 0 Å². The van der Waals surface area contributed by atoms with Gasteiger partial charge in [-0.2, -0.15) is 0 Å². The van der Waals surface area contributed by atoms with E-state index < -0.39 is 0 Å². The van der Waals surface area contributed by atoms with Gasteiger partial charge in [0.05, 0.1) is 0 Å². The van der Waals surface area contributed by atoms with Gasteiger partial charge in [0.25, 0.3) is 0 Å². The maximum absolute atomic E-state index is 5.63. The van der Waals surface area contributed by atoms with Crippen LogP contribution in [0.3, 0.4) is 0 Å². The van der Waals surface area contributed by atoms with Gasteiger partial charge < -0.3 is 4.42 Å². The highest BCUT2D eigenvalue weighted by molar-refractivity contribution is 9.10. The largest absolute Gasteiger partial charge is 0.425 e. The first-order valence-electron chi connectivity index (χ1n) is 5.88. The number of halogens is 1. The van der Waals surface area contributed by atoms with Gasteiger partial charge in [-0.3, -0.25) is 0 Å². The number of hydrogen-bond acceptors (Lipinski definition) is 3. The van der Waals surface area contributed by atoms with Crippen LogP contribution in [0.5, 0.6) is 0 Å². The molecule has 1 aromatic carbocycles. The Kier molecular flexibility index (Phi) is 2.97. The van der Waals surface area contributed by atoms with Crippen LogP contribution < -0.4 is 0 Å². The topological polar surface area (TPSA) is 38.9 Å². The molecule has 0 amide bonds. The van der Waals surface area contributed by atoms with Gasteiger partial charge in [-0.25, -0.2) is 0 Å². The fraction of sp³-hybridized carbons (Fsp3) is 0.385. The molecule has 4 heteroatoms. The zero-order valence-electron chi connectivity index (χ0n) is 9.40. The van der Waals surface area contributed by atoms with E-state index in [1.165, 1.54) is 18.4 Å². The Morgan fingerprint density at radius 1 is 1.24 bits per heavy atom. The van der Waals surface area contributed by atoms with Crippen molar-refractivity contribution in [1.29, 1.82) is 0 Å². The number of hydrogen-bond donors (Lipinski definition) is 0. The molecule has 2 aromatic rings. The summed E-state index contributed by atoms with van der Waals surface area (Å²) in [6.45, 7) is 0. The van der Waals surface area contributed by atoms with E-state index in [4.69, 9.17) is 4.42 Å². The highest BCUT2D eigenvalue weighted by Gasteiger charge is 2.29. The molecule has 1 aromatic heterocycles. The van der Waals surface area contributed by atoms with Gasteiger partial charge in [-0.1, -0.05) is 28.1 Å². The van der Waals surface area contributed by atoms with Crippen LogP contribution in [0.1, 0.15) is 36.1 Å². The normalized spacial score (nSPS) is 15.1. The number of rotatable bonds is 4. The van der Waals surface area contributed by atoms with Crippen molar-refractivity contribution in [1.82, 2.24) is 10.2 Å². The number of nitrogens with zero attached hydrogens (tertiary/aromatic N) is 2. The summed E-state index contributed by atoms with van der Waals surface area (Å²) in [5, 5.41) is 8.17. The molecule has 17 heavy (non-hydrogen) atoms. The molecule has 88 valence electrons. The van der Waals surface area contributed by atoms with Gasteiger partial charge in [-0.05, 0) is 37.0 Å². The molecule has 1 heterocycles. The summed E-state index contributed by atoms with van der Waals surface area (Å²) < 4.78 is 6.74. The zero-order chi connectivity index (χ0) is 11.7. The summed E-state index contributed by atoms with van der Waals surface area (Å²) in [5.74, 6) is 2.13. The predicted octanol–water partition coefficient (Wildman–Crippen LogP) is 3.49. The molecule has 1 aliphatic carbocycles. The first-order chi connectivity index (χ1) is 8.31. The minimum absolute atomic E-state index is 0.544. The Labute approximate surface area is 108 Å². The first kappa shape index (κ1) is 11.0. The number of aryl methyl sites for hydroxylation is 2. The first-order valence-corrected chi connectivity index (χ1v) is 6.67. The monoisotopic (exact) mass is 292 g/mol. The van der Waals surface area contributed by atoms with E-state index in [-0.39, 0.29) is 0 Å². The van der Waals surface area contributed by atoms with Crippen LogP contribution >= 0.6 is 15.9 Å². The van der Waals surface area contributed by atoms with E-state index in [2.05, 4.69) is 38.3 Å². The molecular formula is C13H13BrN2O. The van der Waals surface area contributed by atoms with Crippen LogP contribution in [0.15, 0.2) is 33.2 Å². The lowest BCUT2D eigenvalue weighted by Crippen LogP contribution is -1.91. The highest BCUT2D eigenvalue weighted by Crippen LogP contribution is 2.39. The maximum atomic E-state index is 5.63. The molecule has 3 nitrogen and oxygen atoms in total. The van der Waals surface area contributed by atoms with Crippen molar-refractivity contribution in [2.24, 2.45) is 0 Å². The van der Waals surface area contributed by atoms with E-state index in [0.717, 1.165) is 29.1 Å². The van der Waals surface area contributed by atoms with Crippen molar-refractivity contribution >= 4 is 15.9 Å². The third-order valence-electron chi connectivity index (χ3n) is 2.93. The Bertz CT molecular complexity index is 520. The Morgan fingerprint density at radius 3 is 2.88 bits per heavy atom. The third-order valence-corrected chi connectivity index (χ3v) is 3.42. The highest BCUT2D eigenvalue weighted by atomic mass is 79.9. The standard InChI is InChI=1S/C13H13BrN2O/c14-11-3-1-2-9(8-11)4-7-12-15-16-13(17-12)10-5-6-10/h1-3,8,10H,4-7H2. The molecule has 1 fully saturated rings. The molecule has 0 bridgehead atoms. The summed E-state index contributed by atoms with van der Waals surface area (Å²) in [6, 6.07) is 8.31. The van der Waals surface area contributed by atoms with Gasteiger partial charge in [-0.15, -0.1) is 10.2 Å². The molecule has 0 aliphatic heterocycles. The second-order valence-electron chi connectivity index (χ2n) is 4.44. The molecule has 0 spiro atoms. The lowest BCUT2D eigenvalue weighted by molar-refractivity contribution is 0.450. The van der Waals surface area contributed by atoms with Crippen LogP contribution in [0.25, 0.3) is 0 Å². The van der Waals surface area contributed by atoms with Gasteiger partial charge in [0.1, 0.15) is 0 Å². The van der Waals surface area contributed by atoms with E-state index in [9.17, 15) is 0 Å². The SMILES string of the molecule is Brc1cccc(CCc2nnc(C3CC3)o2)c1. The second kappa shape index (κ2) is 4.61. The van der Waals surface area contributed by atoms with Crippen LogP contribution in [0.4, 0.5) is 0 Å². The molecule has 1 aliphatic rings. The van der Waals surface area contributed by atoms with Gasteiger partial charge in [0.15, 0.2) is 0 Å². The molecule has 0 N–H and O–H groups in total. The van der Waals surface area contributed by atoms with Crippen LogP contribution in [-0.2, 0) is 12.8 Å². The Balaban J connectivity index is 1.62. The van der Waals surface area contributed by atoms with E-state index in [1.54, 1.807) is 0 Å². The van der Waals surface area contributed by atoms with E-state index >= 15 is 0 Å². The minimum atomic E-state index is 0.544. The van der Waals surface area contributed by atoms with Crippen LogP contribution in [0, 0.1) is 0 Å². The molecular weight excluding hydrogens is 280 g/mol. The van der Waals surface area contributed by atoms with Crippen molar-refractivity contribution in [2.75, 3.05) is 0 Å². The molecule has 0 saturated heterocycles. The summed E-state index contributed by atoms with van der Waals surface area (Å²) in [6.07, 6.45) is 4.16. The van der Waals surface area contributed by atoms with Gasteiger partial charge >= 0.3 is 0 Å². The molecule has 0 atom stereocenters. The lowest BCUT2D eigenvalue weighted by atomic mass is 10.1. The summed E-state index contributed by atoms with van der Waals surface area (Å²) >= 11 is 3.47. The lowest BCUT2D eigenvalue weighted by Gasteiger charge is -1.98. The number of benzene rings is 1. The summed E-state index contributed by atoms with van der Waals surface area (Å²) in [5.41, 5.74) is 1.28. The quantitative estimate of drug-likeness (QED) is 0.866. The Hall–Kier alpha value is -1.16. The van der Waals surface area contributed by atoms with Crippen molar-refractivity contribution in [2.45, 2.75) is 31.6 Å². The zero-order valence-corrected chi connectivity index (χ0v) is 11.0. The summed E-state index contributed by atoms with van der Waals surface area (Å²) in [7, 11) is 0. The smallest absolute Gasteiger partial charge is 0.219 e. The molecule has 0 unspecified atom stereocenters. The fourth-order valence-electron chi connectivity index (χ4n) is 1.81.